The van der Waals surface area contributed by atoms with Crippen LogP contribution in [-0.2, 0) is 17.8 Å². The van der Waals surface area contributed by atoms with E-state index in [9.17, 15) is 9.18 Å². The number of carbonyl (C=O) groups excluding carboxylic acids is 1. The van der Waals surface area contributed by atoms with E-state index in [0.717, 1.165) is 11.3 Å². The minimum atomic E-state index is -0.324. The summed E-state index contributed by atoms with van der Waals surface area (Å²) in [4.78, 5) is 14.2. The van der Waals surface area contributed by atoms with Crippen LogP contribution >= 0.6 is 0 Å². The van der Waals surface area contributed by atoms with Gasteiger partial charge in [0.15, 0.2) is 11.5 Å². The van der Waals surface area contributed by atoms with Gasteiger partial charge in [-0.3, -0.25) is 4.79 Å². The molecular weight excluding hydrogens is 309 g/mol. The average molecular weight is 329 g/mol. The van der Waals surface area contributed by atoms with Gasteiger partial charge in [-0.05, 0) is 42.3 Å². The SMILES string of the molecule is CCN(Cc1ccc2c(c1)OCCO2)C(=O)Cc1cccc(F)c1. The Morgan fingerprint density at radius 1 is 1.08 bits per heavy atom. The Morgan fingerprint density at radius 3 is 2.62 bits per heavy atom. The van der Waals surface area contributed by atoms with Gasteiger partial charge in [0.1, 0.15) is 19.0 Å². The van der Waals surface area contributed by atoms with Crippen LogP contribution in [0.2, 0.25) is 0 Å². The third-order valence-corrected chi connectivity index (χ3v) is 3.96. The lowest BCUT2D eigenvalue weighted by molar-refractivity contribution is -0.130. The number of hydrogen-bond acceptors (Lipinski definition) is 3. The van der Waals surface area contributed by atoms with Crippen molar-refractivity contribution in [2.45, 2.75) is 19.9 Å². The molecule has 2 aromatic rings. The van der Waals surface area contributed by atoms with E-state index in [1.807, 2.05) is 25.1 Å². The fourth-order valence-corrected chi connectivity index (χ4v) is 2.72. The number of hydrogen-bond donors (Lipinski definition) is 0. The Morgan fingerprint density at radius 2 is 1.88 bits per heavy atom. The molecule has 0 spiro atoms. The Bertz CT molecular complexity index is 732. The van der Waals surface area contributed by atoms with E-state index in [1.54, 1.807) is 17.0 Å². The number of amides is 1. The Balaban J connectivity index is 1.68. The molecule has 24 heavy (non-hydrogen) atoms. The van der Waals surface area contributed by atoms with Crippen LogP contribution in [0.3, 0.4) is 0 Å². The molecule has 0 unspecified atom stereocenters. The van der Waals surface area contributed by atoms with Gasteiger partial charge in [0.2, 0.25) is 5.91 Å². The van der Waals surface area contributed by atoms with Crippen LogP contribution in [0.1, 0.15) is 18.1 Å². The van der Waals surface area contributed by atoms with Gasteiger partial charge in [-0.1, -0.05) is 18.2 Å². The Kier molecular flexibility index (Phi) is 4.99. The van der Waals surface area contributed by atoms with Crippen molar-refractivity contribution in [3.05, 3.63) is 59.4 Å². The molecule has 2 aromatic carbocycles. The summed E-state index contributed by atoms with van der Waals surface area (Å²) < 4.78 is 24.3. The van der Waals surface area contributed by atoms with Crippen LogP contribution in [0.5, 0.6) is 11.5 Å². The van der Waals surface area contributed by atoms with Crippen molar-refractivity contribution in [3.8, 4) is 11.5 Å². The minimum absolute atomic E-state index is 0.0296. The van der Waals surface area contributed by atoms with E-state index < -0.39 is 0 Å². The van der Waals surface area contributed by atoms with Crippen molar-refractivity contribution in [2.24, 2.45) is 0 Å². The van der Waals surface area contributed by atoms with Gasteiger partial charge in [0, 0.05) is 13.1 Å². The summed E-state index contributed by atoms with van der Waals surface area (Å²) in [6.45, 7) is 4.09. The number of likely N-dealkylation sites (N-methyl/N-ethyl adjacent to an activating group) is 1. The number of rotatable bonds is 5. The van der Waals surface area contributed by atoms with Crippen LogP contribution in [0.4, 0.5) is 4.39 Å². The van der Waals surface area contributed by atoms with Gasteiger partial charge in [0.25, 0.3) is 0 Å². The van der Waals surface area contributed by atoms with Gasteiger partial charge < -0.3 is 14.4 Å². The van der Waals surface area contributed by atoms with Crippen LogP contribution in [0, 0.1) is 5.82 Å². The van der Waals surface area contributed by atoms with E-state index in [1.165, 1.54) is 12.1 Å². The zero-order chi connectivity index (χ0) is 16.9. The predicted molar refractivity (Wildman–Crippen MR) is 88.6 cm³/mol. The first-order valence-corrected chi connectivity index (χ1v) is 8.06. The maximum absolute atomic E-state index is 13.3. The first-order chi connectivity index (χ1) is 11.7. The smallest absolute Gasteiger partial charge is 0.227 e. The summed E-state index contributed by atoms with van der Waals surface area (Å²) in [6.07, 6.45) is 0.191. The van der Waals surface area contributed by atoms with E-state index >= 15 is 0 Å². The maximum Gasteiger partial charge on any atom is 0.227 e. The van der Waals surface area contributed by atoms with Gasteiger partial charge in [-0.25, -0.2) is 4.39 Å². The second kappa shape index (κ2) is 7.34. The standard InChI is InChI=1S/C19H20FNO3/c1-2-21(19(22)12-14-4-3-5-16(20)10-14)13-15-6-7-17-18(11-15)24-9-8-23-17/h3-7,10-11H,2,8-9,12-13H2,1H3. The molecule has 0 atom stereocenters. The molecule has 0 bridgehead atoms. The molecule has 0 aromatic heterocycles. The van der Waals surface area contributed by atoms with E-state index in [4.69, 9.17) is 9.47 Å². The van der Waals surface area contributed by atoms with Gasteiger partial charge in [-0.15, -0.1) is 0 Å². The van der Waals surface area contributed by atoms with Crippen LogP contribution in [-0.4, -0.2) is 30.6 Å². The first kappa shape index (κ1) is 16.3. The lowest BCUT2D eigenvalue weighted by Gasteiger charge is -2.23. The molecular formula is C19H20FNO3. The van der Waals surface area contributed by atoms with Crippen molar-refractivity contribution >= 4 is 5.91 Å². The van der Waals surface area contributed by atoms with Gasteiger partial charge in [0.05, 0.1) is 6.42 Å². The molecule has 0 radical (unpaired) electrons. The van der Waals surface area contributed by atoms with Gasteiger partial charge >= 0.3 is 0 Å². The first-order valence-electron chi connectivity index (χ1n) is 8.06. The molecule has 4 nitrogen and oxygen atoms in total. The van der Waals surface area contributed by atoms with E-state index in [2.05, 4.69) is 0 Å². The van der Waals surface area contributed by atoms with E-state index in [0.29, 0.717) is 37.6 Å². The number of benzene rings is 2. The molecule has 0 saturated carbocycles. The Hall–Kier alpha value is -2.56. The quantitative estimate of drug-likeness (QED) is 0.846. The number of halogens is 1. The number of ether oxygens (including phenoxy) is 2. The molecule has 0 N–H and O–H groups in total. The average Bonchev–Trinajstić information content (AvgIpc) is 2.59. The highest BCUT2D eigenvalue weighted by molar-refractivity contribution is 5.78. The highest BCUT2D eigenvalue weighted by atomic mass is 19.1. The van der Waals surface area contributed by atoms with Crippen molar-refractivity contribution in [1.82, 2.24) is 4.90 Å². The molecule has 0 fully saturated rings. The van der Waals surface area contributed by atoms with Crippen LogP contribution in [0.25, 0.3) is 0 Å². The van der Waals surface area contributed by atoms with Gasteiger partial charge in [-0.2, -0.15) is 0 Å². The van der Waals surface area contributed by atoms with Crippen LogP contribution in [0.15, 0.2) is 42.5 Å². The monoisotopic (exact) mass is 329 g/mol. The highest BCUT2D eigenvalue weighted by Crippen LogP contribution is 2.31. The lowest BCUT2D eigenvalue weighted by Crippen LogP contribution is -2.31. The van der Waals surface area contributed by atoms with Crippen molar-refractivity contribution < 1.29 is 18.7 Å². The fourth-order valence-electron chi connectivity index (χ4n) is 2.72. The molecule has 0 aliphatic carbocycles. The second-order valence-electron chi connectivity index (χ2n) is 5.69. The van der Waals surface area contributed by atoms with Crippen molar-refractivity contribution in [1.29, 1.82) is 0 Å². The summed E-state index contributed by atoms with van der Waals surface area (Å²) in [7, 11) is 0. The molecule has 0 saturated heterocycles. The summed E-state index contributed by atoms with van der Waals surface area (Å²) in [5, 5.41) is 0. The third-order valence-electron chi connectivity index (χ3n) is 3.96. The maximum atomic E-state index is 13.3. The summed E-state index contributed by atoms with van der Waals surface area (Å²) >= 11 is 0. The zero-order valence-electron chi connectivity index (χ0n) is 13.6. The topological polar surface area (TPSA) is 38.8 Å². The fraction of sp³-hybridized carbons (Fsp3) is 0.316. The molecule has 126 valence electrons. The number of carbonyl (C=O) groups is 1. The number of fused-ring (bicyclic) bond motifs is 1. The summed E-state index contributed by atoms with van der Waals surface area (Å²) in [6, 6.07) is 11.9. The summed E-state index contributed by atoms with van der Waals surface area (Å²) in [5.74, 6) is 1.10. The highest BCUT2D eigenvalue weighted by Gasteiger charge is 2.16. The second-order valence-corrected chi connectivity index (χ2v) is 5.69. The summed E-state index contributed by atoms with van der Waals surface area (Å²) in [5.41, 5.74) is 1.66. The lowest BCUT2D eigenvalue weighted by atomic mass is 10.1. The molecule has 5 heteroatoms. The molecule has 1 aliphatic rings. The van der Waals surface area contributed by atoms with Crippen LogP contribution < -0.4 is 9.47 Å². The third kappa shape index (κ3) is 3.85. The largest absolute Gasteiger partial charge is 0.486 e. The minimum Gasteiger partial charge on any atom is -0.486 e. The predicted octanol–water partition coefficient (Wildman–Crippen LogP) is 3.19. The van der Waals surface area contributed by atoms with Crippen molar-refractivity contribution in [3.63, 3.8) is 0 Å². The van der Waals surface area contributed by atoms with E-state index in [-0.39, 0.29) is 18.1 Å². The number of nitrogens with zero attached hydrogens (tertiary/aromatic N) is 1. The molecule has 1 amide bonds. The zero-order valence-corrected chi connectivity index (χ0v) is 13.6. The normalized spacial score (nSPS) is 12.8. The molecule has 3 rings (SSSR count). The Labute approximate surface area is 140 Å². The molecule has 1 aliphatic heterocycles. The van der Waals surface area contributed by atoms with Crippen molar-refractivity contribution in [2.75, 3.05) is 19.8 Å². The molecule has 1 heterocycles.